The third-order valence-corrected chi connectivity index (χ3v) is 3.77. The van der Waals surface area contributed by atoms with Crippen molar-refractivity contribution in [3.8, 4) is 0 Å². The van der Waals surface area contributed by atoms with Gasteiger partial charge in [-0.3, -0.25) is 0 Å². The second-order valence-electron chi connectivity index (χ2n) is 5.62. The van der Waals surface area contributed by atoms with E-state index in [1.54, 1.807) is 7.05 Å². The molecule has 0 amide bonds. The monoisotopic (exact) mass is 281 g/mol. The SMILES string of the molecule is CCCNC(CCC1CCCCO1)Cc1nnn(C)n1. The Morgan fingerprint density at radius 1 is 1.45 bits per heavy atom. The summed E-state index contributed by atoms with van der Waals surface area (Å²) in [5.74, 6) is 0.825. The molecule has 1 aromatic heterocycles. The second-order valence-corrected chi connectivity index (χ2v) is 5.62. The van der Waals surface area contributed by atoms with Gasteiger partial charge in [0, 0.05) is 19.1 Å². The zero-order chi connectivity index (χ0) is 14.2. The first-order valence-electron chi connectivity index (χ1n) is 7.85. The minimum absolute atomic E-state index is 0.421. The van der Waals surface area contributed by atoms with Gasteiger partial charge in [0.2, 0.25) is 0 Å². The largest absolute Gasteiger partial charge is 0.378 e. The Labute approximate surface area is 121 Å². The van der Waals surface area contributed by atoms with E-state index in [9.17, 15) is 0 Å². The van der Waals surface area contributed by atoms with Gasteiger partial charge in [-0.25, -0.2) is 0 Å². The summed E-state index contributed by atoms with van der Waals surface area (Å²) in [5.41, 5.74) is 0. The van der Waals surface area contributed by atoms with Crippen molar-refractivity contribution in [1.29, 1.82) is 0 Å². The van der Waals surface area contributed by atoms with Crippen molar-refractivity contribution in [2.24, 2.45) is 7.05 Å². The summed E-state index contributed by atoms with van der Waals surface area (Å²) in [6.45, 7) is 4.16. The van der Waals surface area contributed by atoms with Crippen LogP contribution < -0.4 is 5.32 Å². The molecule has 20 heavy (non-hydrogen) atoms. The number of rotatable bonds is 8. The van der Waals surface area contributed by atoms with Crippen LogP contribution in [0.4, 0.5) is 0 Å². The summed E-state index contributed by atoms with van der Waals surface area (Å²) in [5, 5.41) is 15.9. The Bertz CT molecular complexity index is 375. The quantitative estimate of drug-likeness (QED) is 0.781. The van der Waals surface area contributed by atoms with E-state index in [1.165, 1.54) is 24.1 Å². The van der Waals surface area contributed by atoms with Gasteiger partial charge in [-0.15, -0.1) is 10.2 Å². The molecule has 2 rings (SSSR count). The van der Waals surface area contributed by atoms with Crippen molar-refractivity contribution in [3.63, 3.8) is 0 Å². The van der Waals surface area contributed by atoms with E-state index in [2.05, 4.69) is 27.7 Å². The molecule has 0 spiro atoms. The fraction of sp³-hybridized carbons (Fsp3) is 0.929. The van der Waals surface area contributed by atoms with E-state index in [0.717, 1.165) is 44.7 Å². The molecule has 0 saturated carbocycles. The Balaban J connectivity index is 1.79. The van der Waals surface area contributed by atoms with Crippen molar-refractivity contribution >= 4 is 0 Å². The summed E-state index contributed by atoms with van der Waals surface area (Å²) in [6.07, 6.45) is 8.42. The van der Waals surface area contributed by atoms with Gasteiger partial charge in [-0.2, -0.15) is 4.80 Å². The van der Waals surface area contributed by atoms with Crippen molar-refractivity contribution in [3.05, 3.63) is 5.82 Å². The lowest BCUT2D eigenvalue weighted by Gasteiger charge is -2.25. The highest BCUT2D eigenvalue weighted by Crippen LogP contribution is 2.18. The molecule has 2 heterocycles. The van der Waals surface area contributed by atoms with Gasteiger partial charge in [-0.05, 0) is 50.3 Å². The lowest BCUT2D eigenvalue weighted by Crippen LogP contribution is -2.33. The number of nitrogens with zero attached hydrogens (tertiary/aromatic N) is 4. The molecule has 1 saturated heterocycles. The molecular formula is C14H27N5O. The van der Waals surface area contributed by atoms with E-state index in [0.29, 0.717) is 12.1 Å². The summed E-state index contributed by atoms with van der Waals surface area (Å²) in [4.78, 5) is 1.52. The summed E-state index contributed by atoms with van der Waals surface area (Å²) < 4.78 is 5.81. The van der Waals surface area contributed by atoms with Crippen LogP contribution in [0.3, 0.4) is 0 Å². The van der Waals surface area contributed by atoms with Gasteiger partial charge in [0.15, 0.2) is 5.82 Å². The maximum atomic E-state index is 5.81. The average molecular weight is 281 g/mol. The predicted octanol–water partition coefficient (Wildman–Crippen LogP) is 1.47. The van der Waals surface area contributed by atoms with Gasteiger partial charge >= 0.3 is 0 Å². The van der Waals surface area contributed by atoms with Crippen LogP contribution in [0.5, 0.6) is 0 Å². The first-order chi connectivity index (χ1) is 9.78. The molecule has 1 aliphatic heterocycles. The summed E-state index contributed by atoms with van der Waals surface area (Å²) in [6, 6.07) is 0.421. The van der Waals surface area contributed by atoms with Crippen LogP contribution in [0.1, 0.15) is 51.3 Å². The molecular weight excluding hydrogens is 254 g/mol. The molecule has 1 fully saturated rings. The highest BCUT2D eigenvalue weighted by Gasteiger charge is 2.18. The lowest BCUT2D eigenvalue weighted by atomic mass is 10.00. The zero-order valence-electron chi connectivity index (χ0n) is 12.7. The van der Waals surface area contributed by atoms with E-state index >= 15 is 0 Å². The number of ether oxygens (including phenoxy) is 1. The fourth-order valence-electron chi connectivity index (χ4n) is 2.67. The number of aromatic nitrogens is 4. The zero-order valence-corrected chi connectivity index (χ0v) is 12.7. The molecule has 2 unspecified atom stereocenters. The smallest absolute Gasteiger partial charge is 0.176 e. The molecule has 6 nitrogen and oxygen atoms in total. The molecule has 1 aliphatic rings. The van der Waals surface area contributed by atoms with Gasteiger partial charge in [0.25, 0.3) is 0 Å². The highest BCUT2D eigenvalue weighted by atomic mass is 16.5. The molecule has 1 aromatic rings. The van der Waals surface area contributed by atoms with Gasteiger partial charge in [0.05, 0.1) is 13.2 Å². The van der Waals surface area contributed by atoms with Crippen LogP contribution in [-0.4, -0.2) is 45.5 Å². The molecule has 0 aliphatic carbocycles. The summed E-state index contributed by atoms with van der Waals surface area (Å²) in [7, 11) is 1.81. The minimum Gasteiger partial charge on any atom is -0.378 e. The van der Waals surface area contributed by atoms with Crippen molar-refractivity contribution in [2.45, 2.75) is 64.0 Å². The standard InChI is InChI=1S/C14H27N5O/c1-3-9-15-12(11-14-16-18-19(2)17-14)7-8-13-6-4-5-10-20-13/h12-13,15H,3-11H2,1-2H3. The van der Waals surface area contributed by atoms with Gasteiger partial charge < -0.3 is 10.1 Å². The van der Waals surface area contributed by atoms with Gasteiger partial charge in [-0.1, -0.05) is 6.92 Å². The van der Waals surface area contributed by atoms with Crippen LogP contribution in [0.15, 0.2) is 0 Å². The van der Waals surface area contributed by atoms with Crippen molar-refractivity contribution < 1.29 is 4.74 Å². The first kappa shape index (κ1) is 15.4. The van der Waals surface area contributed by atoms with Crippen molar-refractivity contribution in [2.75, 3.05) is 13.2 Å². The first-order valence-corrected chi connectivity index (χ1v) is 7.85. The third kappa shape index (κ3) is 5.17. The Morgan fingerprint density at radius 3 is 3.00 bits per heavy atom. The van der Waals surface area contributed by atoms with E-state index in [-0.39, 0.29) is 0 Å². The molecule has 114 valence electrons. The maximum Gasteiger partial charge on any atom is 0.176 e. The molecule has 0 aromatic carbocycles. The molecule has 6 heteroatoms. The molecule has 1 N–H and O–H groups in total. The summed E-state index contributed by atoms with van der Waals surface area (Å²) >= 11 is 0. The number of aryl methyl sites for hydroxylation is 1. The molecule has 0 radical (unpaired) electrons. The highest BCUT2D eigenvalue weighted by molar-refractivity contribution is 4.85. The molecule has 0 bridgehead atoms. The van der Waals surface area contributed by atoms with Crippen molar-refractivity contribution in [1.82, 2.24) is 25.5 Å². The van der Waals surface area contributed by atoms with Crippen LogP contribution in [0, 0.1) is 0 Å². The maximum absolute atomic E-state index is 5.81. The van der Waals surface area contributed by atoms with Crippen LogP contribution in [-0.2, 0) is 18.2 Å². The van der Waals surface area contributed by atoms with Crippen LogP contribution in [0.25, 0.3) is 0 Å². The normalized spacial score (nSPS) is 21.0. The van der Waals surface area contributed by atoms with E-state index in [1.807, 2.05) is 0 Å². The van der Waals surface area contributed by atoms with Crippen LogP contribution in [0.2, 0.25) is 0 Å². The van der Waals surface area contributed by atoms with E-state index < -0.39 is 0 Å². The van der Waals surface area contributed by atoms with Gasteiger partial charge in [0.1, 0.15) is 0 Å². The molecule has 2 atom stereocenters. The number of hydrogen-bond acceptors (Lipinski definition) is 5. The average Bonchev–Trinajstić information content (AvgIpc) is 2.88. The second kappa shape index (κ2) is 8.32. The van der Waals surface area contributed by atoms with Crippen LogP contribution >= 0.6 is 0 Å². The predicted molar refractivity (Wildman–Crippen MR) is 77.4 cm³/mol. The number of tetrazole rings is 1. The third-order valence-electron chi connectivity index (χ3n) is 3.77. The fourth-order valence-corrected chi connectivity index (χ4v) is 2.67. The minimum atomic E-state index is 0.421. The Morgan fingerprint density at radius 2 is 2.35 bits per heavy atom. The number of hydrogen-bond donors (Lipinski definition) is 1. The topological polar surface area (TPSA) is 64.9 Å². The Hall–Kier alpha value is -1.01. The number of nitrogens with one attached hydrogen (secondary N) is 1. The Kier molecular flexibility index (Phi) is 6.39. The lowest BCUT2D eigenvalue weighted by molar-refractivity contribution is 0.00855. The van der Waals surface area contributed by atoms with E-state index in [4.69, 9.17) is 4.74 Å².